The monoisotopic (exact) mass is 403 g/mol. The number of carbonyl (C=O) groups is 2. The van der Waals surface area contributed by atoms with E-state index in [1.54, 1.807) is 24.3 Å². The van der Waals surface area contributed by atoms with Crippen LogP contribution in [0.1, 0.15) is 26.5 Å². The largest absolute Gasteiger partial charge is 0.496 e. The molecule has 2 aromatic carbocycles. The molecule has 0 aliphatic carbocycles. The number of ketones is 1. The van der Waals surface area contributed by atoms with Crippen LogP contribution in [-0.2, 0) is 4.74 Å². The number of ether oxygens (including phenoxy) is 2. The van der Waals surface area contributed by atoms with Crippen molar-refractivity contribution in [3.05, 3.63) is 70.2 Å². The molecule has 0 atom stereocenters. The van der Waals surface area contributed by atoms with E-state index < -0.39 is 24.2 Å². The second-order valence-electron chi connectivity index (χ2n) is 5.76. The number of hydrogen-bond acceptors (Lipinski definition) is 6. The van der Waals surface area contributed by atoms with Gasteiger partial charge in [0, 0.05) is 0 Å². The van der Waals surface area contributed by atoms with Crippen LogP contribution in [0.4, 0.5) is 4.39 Å². The van der Waals surface area contributed by atoms with Gasteiger partial charge in [-0.1, -0.05) is 35.0 Å². The summed E-state index contributed by atoms with van der Waals surface area (Å²) in [6.45, 7) is 0.943. The number of nitrogens with zero attached hydrogens (tertiary/aromatic N) is 1. The van der Waals surface area contributed by atoms with Crippen molar-refractivity contribution in [2.75, 3.05) is 13.7 Å². The molecule has 0 aliphatic rings. The molecule has 0 fully saturated rings. The summed E-state index contributed by atoms with van der Waals surface area (Å²) in [6.07, 6.45) is 0. The van der Waals surface area contributed by atoms with Gasteiger partial charge in [0.05, 0.1) is 23.3 Å². The molecule has 0 aliphatic heterocycles. The number of aromatic nitrogens is 1. The van der Waals surface area contributed by atoms with E-state index in [4.69, 9.17) is 25.6 Å². The Balaban J connectivity index is 1.85. The van der Waals surface area contributed by atoms with E-state index in [0.29, 0.717) is 5.75 Å². The number of halogens is 2. The zero-order chi connectivity index (χ0) is 20.3. The molecule has 0 bridgehead atoms. The first-order valence-corrected chi connectivity index (χ1v) is 8.55. The highest BCUT2D eigenvalue weighted by atomic mass is 35.5. The van der Waals surface area contributed by atoms with Crippen LogP contribution in [0.25, 0.3) is 11.3 Å². The summed E-state index contributed by atoms with van der Waals surface area (Å²) in [5.41, 5.74) is 0.0106. The minimum absolute atomic E-state index is 0.0625. The SMILES string of the molecule is COc1ccccc1C(=O)COC(=O)c1c(-c2c(F)cccc2Cl)noc1C. The van der Waals surface area contributed by atoms with Gasteiger partial charge in [0.2, 0.25) is 5.78 Å². The molecule has 3 aromatic rings. The quantitative estimate of drug-likeness (QED) is 0.445. The van der Waals surface area contributed by atoms with Crippen LogP contribution in [0.5, 0.6) is 5.75 Å². The van der Waals surface area contributed by atoms with Crippen molar-refractivity contribution < 1.29 is 28.0 Å². The van der Waals surface area contributed by atoms with Crippen LogP contribution in [0.2, 0.25) is 5.02 Å². The molecule has 144 valence electrons. The van der Waals surface area contributed by atoms with E-state index in [9.17, 15) is 14.0 Å². The lowest BCUT2D eigenvalue weighted by molar-refractivity contribution is 0.0473. The number of para-hydroxylation sites is 1. The second kappa shape index (κ2) is 8.22. The van der Waals surface area contributed by atoms with Crippen molar-refractivity contribution in [2.45, 2.75) is 6.92 Å². The lowest BCUT2D eigenvalue weighted by Crippen LogP contribution is -2.16. The minimum atomic E-state index is -0.878. The van der Waals surface area contributed by atoms with Gasteiger partial charge in [-0.05, 0) is 31.2 Å². The lowest BCUT2D eigenvalue weighted by Gasteiger charge is -2.09. The van der Waals surface area contributed by atoms with Crippen molar-refractivity contribution in [1.29, 1.82) is 0 Å². The van der Waals surface area contributed by atoms with Gasteiger partial charge in [-0.25, -0.2) is 9.18 Å². The summed E-state index contributed by atoms with van der Waals surface area (Å²) in [6, 6.07) is 10.6. The predicted octanol–water partition coefficient (Wildman–Crippen LogP) is 4.49. The fraction of sp³-hybridized carbons (Fsp3) is 0.150. The molecule has 28 heavy (non-hydrogen) atoms. The molecule has 0 radical (unpaired) electrons. The highest BCUT2D eigenvalue weighted by molar-refractivity contribution is 6.33. The first-order chi connectivity index (χ1) is 13.4. The zero-order valence-electron chi connectivity index (χ0n) is 15.0. The van der Waals surface area contributed by atoms with Crippen LogP contribution in [0.15, 0.2) is 47.0 Å². The zero-order valence-corrected chi connectivity index (χ0v) is 15.7. The normalized spacial score (nSPS) is 10.6. The molecule has 3 rings (SSSR count). The second-order valence-corrected chi connectivity index (χ2v) is 6.17. The number of hydrogen-bond donors (Lipinski definition) is 0. The Labute approximate surface area is 164 Å². The van der Waals surface area contributed by atoms with E-state index in [2.05, 4.69) is 5.16 Å². The minimum Gasteiger partial charge on any atom is -0.496 e. The van der Waals surface area contributed by atoms with E-state index in [1.807, 2.05) is 0 Å². The van der Waals surface area contributed by atoms with Gasteiger partial charge < -0.3 is 14.0 Å². The summed E-state index contributed by atoms with van der Waals surface area (Å²) in [5, 5.41) is 3.80. The van der Waals surface area contributed by atoms with Crippen LogP contribution >= 0.6 is 11.6 Å². The fourth-order valence-corrected chi connectivity index (χ4v) is 2.92. The number of benzene rings is 2. The molecule has 0 saturated heterocycles. The molecule has 6 nitrogen and oxygen atoms in total. The summed E-state index contributed by atoms with van der Waals surface area (Å²) in [5.74, 6) is -1.52. The third-order valence-electron chi connectivity index (χ3n) is 4.01. The van der Waals surface area contributed by atoms with Crippen molar-refractivity contribution in [3.63, 3.8) is 0 Å². The van der Waals surface area contributed by atoms with Crippen molar-refractivity contribution in [1.82, 2.24) is 5.16 Å². The molecular weight excluding hydrogens is 389 g/mol. The molecule has 1 heterocycles. The fourth-order valence-electron chi connectivity index (χ4n) is 2.66. The number of rotatable bonds is 6. The van der Waals surface area contributed by atoms with Gasteiger partial charge in [0.15, 0.2) is 6.61 Å². The average Bonchev–Trinajstić information content (AvgIpc) is 3.06. The molecule has 0 unspecified atom stereocenters. The molecule has 1 aromatic heterocycles. The smallest absolute Gasteiger partial charge is 0.344 e. The third-order valence-corrected chi connectivity index (χ3v) is 4.32. The van der Waals surface area contributed by atoms with Crippen LogP contribution in [-0.4, -0.2) is 30.6 Å². The highest BCUT2D eigenvalue weighted by Gasteiger charge is 2.27. The summed E-state index contributed by atoms with van der Waals surface area (Å²) >= 11 is 6.05. The van der Waals surface area contributed by atoms with E-state index in [0.717, 1.165) is 0 Å². The summed E-state index contributed by atoms with van der Waals surface area (Å²) in [7, 11) is 1.43. The third kappa shape index (κ3) is 3.75. The maximum atomic E-state index is 14.2. The van der Waals surface area contributed by atoms with Crippen LogP contribution in [0.3, 0.4) is 0 Å². The average molecular weight is 404 g/mol. The number of aryl methyl sites for hydroxylation is 1. The highest BCUT2D eigenvalue weighted by Crippen LogP contribution is 2.33. The topological polar surface area (TPSA) is 78.6 Å². The van der Waals surface area contributed by atoms with Crippen LogP contribution < -0.4 is 4.74 Å². The Morgan fingerprint density at radius 2 is 1.93 bits per heavy atom. The van der Waals surface area contributed by atoms with Crippen LogP contribution in [0, 0.1) is 12.7 Å². The van der Waals surface area contributed by atoms with Gasteiger partial charge in [0.1, 0.15) is 28.6 Å². The van der Waals surface area contributed by atoms with Gasteiger partial charge >= 0.3 is 5.97 Å². The molecule has 0 saturated carbocycles. The summed E-state index contributed by atoms with van der Waals surface area (Å²) in [4.78, 5) is 24.9. The number of Topliss-reactive ketones (excluding diaryl/α,β-unsaturated/α-hetero) is 1. The molecule has 0 amide bonds. The van der Waals surface area contributed by atoms with Crippen molar-refractivity contribution in [3.8, 4) is 17.0 Å². The number of methoxy groups -OCH3 is 1. The Morgan fingerprint density at radius 3 is 2.64 bits per heavy atom. The van der Waals surface area contributed by atoms with E-state index in [1.165, 1.54) is 32.2 Å². The predicted molar refractivity (Wildman–Crippen MR) is 99.3 cm³/mol. The molecule has 0 N–H and O–H groups in total. The van der Waals surface area contributed by atoms with E-state index in [-0.39, 0.29) is 33.2 Å². The Kier molecular flexibility index (Phi) is 5.75. The Morgan fingerprint density at radius 1 is 1.18 bits per heavy atom. The number of carbonyl (C=O) groups excluding carboxylic acids is 2. The van der Waals surface area contributed by atoms with Crippen molar-refractivity contribution in [2.24, 2.45) is 0 Å². The molecule has 8 heteroatoms. The summed E-state index contributed by atoms with van der Waals surface area (Å²) < 4.78 is 29.5. The van der Waals surface area contributed by atoms with Gasteiger partial charge in [-0.15, -0.1) is 0 Å². The van der Waals surface area contributed by atoms with Gasteiger partial charge in [0.25, 0.3) is 0 Å². The first-order valence-electron chi connectivity index (χ1n) is 8.18. The maximum absolute atomic E-state index is 14.2. The standard InChI is InChI=1S/C20H15ClFNO5/c1-11-17(19(23-28-11)18-13(21)7-5-8-14(18)22)20(25)27-10-15(24)12-6-3-4-9-16(12)26-2/h3-9H,10H2,1-2H3. The van der Waals surface area contributed by atoms with E-state index >= 15 is 0 Å². The first kappa shape index (κ1) is 19.6. The molecule has 0 spiro atoms. The Hall–Kier alpha value is -3.19. The Bertz CT molecular complexity index is 1030. The van der Waals surface area contributed by atoms with Gasteiger partial charge in [-0.3, -0.25) is 4.79 Å². The number of esters is 1. The maximum Gasteiger partial charge on any atom is 0.344 e. The lowest BCUT2D eigenvalue weighted by atomic mass is 10.1. The van der Waals surface area contributed by atoms with Gasteiger partial charge in [-0.2, -0.15) is 0 Å². The molecular formula is C20H15ClFNO5. The van der Waals surface area contributed by atoms with Crippen molar-refractivity contribution >= 4 is 23.4 Å².